The van der Waals surface area contributed by atoms with Crippen molar-refractivity contribution in [3.8, 4) is 5.75 Å². The highest BCUT2D eigenvalue weighted by molar-refractivity contribution is 6.30. The summed E-state index contributed by atoms with van der Waals surface area (Å²) in [5.74, 6) is -2.34. The van der Waals surface area contributed by atoms with Crippen LogP contribution in [0.15, 0.2) is 6.07 Å². The summed E-state index contributed by atoms with van der Waals surface area (Å²) in [4.78, 5) is 0. The summed E-state index contributed by atoms with van der Waals surface area (Å²) in [6.45, 7) is -0.0280. The summed E-state index contributed by atoms with van der Waals surface area (Å²) in [7, 11) is 1.26. The zero-order chi connectivity index (χ0) is 11.4. The Morgan fingerprint density at radius 2 is 2.07 bits per heavy atom. The molecule has 0 saturated heterocycles. The van der Waals surface area contributed by atoms with Crippen LogP contribution in [0.25, 0.3) is 0 Å². The van der Waals surface area contributed by atoms with Crippen LogP contribution in [0, 0.1) is 11.6 Å². The van der Waals surface area contributed by atoms with Crippen molar-refractivity contribution in [2.24, 2.45) is 0 Å². The first kappa shape index (κ1) is 12.2. The molecule has 1 N–H and O–H groups in total. The van der Waals surface area contributed by atoms with E-state index in [-0.39, 0.29) is 17.4 Å². The van der Waals surface area contributed by atoms with Gasteiger partial charge in [0.1, 0.15) is 0 Å². The molecule has 1 rings (SSSR count). The Kier molecular flexibility index (Phi) is 4.29. The second-order valence-electron chi connectivity index (χ2n) is 3.01. The van der Waals surface area contributed by atoms with Gasteiger partial charge in [-0.3, -0.25) is 0 Å². The summed E-state index contributed by atoms with van der Waals surface area (Å²) in [6.07, 6.45) is 0.828. The Hall–Kier alpha value is -0.870. The average molecular weight is 237 g/mol. The summed E-state index contributed by atoms with van der Waals surface area (Å²) < 4.78 is 31.1. The molecule has 0 aromatic heterocycles. The van der Waals surface area contributed by atoms with E-state index in [9.17, 15) is 8.78 Å². The van der Waals surface area contributed by atoms with Crippen LogP contribution in [0.5, 0.6) is 5.75 Å². The smallest absolute Gasteiger partial charge is 0.202 e. The third-order valence-electron chi connectivity index (χ3n) is 2.00. The van der Waals surface area contributed by atoms with E-state index >= 15 is 0 Å². The maximum absolute atomic E-state index is 13.3. The van der Waals surface area contributed by atoms with Crippen molar-refractivity contribution in [2.45, 2.75) is 12.8 Å². The quantitative estimate of drug-likeness (QED) is 0.815. The van der Waals surface area contributed by atoms with Crippen LogP contribution in [0.4, 0.5) is 8.78 Å². The standard InChI is InChI=1S/C10H11ClF2O2/c1-15-10-6(3-2-4-14)5-7(11)8(12)9(10)13/h5,14H,2-4H2,1H3. The van der Waals surface area contributed by atoms with Crippen molar-refractivity contribution in [3.63, 3.8) is 0 Å². The number of hydrogen-bond acceptors (Lipinski definition) is 2. The lowest BCUT2D eigenvalue weighted by molar-refractivity contribution is 0.287. The lowest BCUT2D eigenvalue weighted by Gasteiger charge is -2.10. The first-order valence-electron chi connectivity index (χ1n) is 4.43. The van der Waals surface area contributed by atoms with E-state index in [1.54, 1.807) is 0 Å². The van der Waals surface area contributed by atoms with Crippen LogP contribution >= 0.6 is 11.6 Å². The summed E-state index contributed by atoms with van der Waals surface area (Å²) in [5, 5.41) is 8.37. The maximum Gasteiger partial charge on any atom is 0.202 e. The van der Waals surface area contributed by atoms with Crippen LogP contribution in [0.3, 0.4) is 0 Å². The van der Waals surface area contributed by atoms with Gasteiger partial charge in [0.05, 0.1) is 12.1 Å². The van der Waals surface area contributed by atoms with E-state index in [0.29, 0.717) is 18.4 Å². The van der Waals surface area contributed by atoms with E-state index in [2.05, 4.69) is 0 Å². The van der Waals surface area contributed by atoms with Gasteiger partial charge < -0.3 is 9.84 Å². The van der Waals surface area contributed by atoms with E-state index < -0.39 is 11.6 Å². The minimum Gasteiger partial charge on any atom is -0.493 e. The molecule has 0 unspecified atom stereocenters. The molecule has 0 bridgehead atoms. The molecule has 0 radical (unpaired) electrons. The molecule has 0 amide bonds. The Morgan fingerprint density at radius 1 is 1.40 bits per heavy atom. The third-order valence-corrected chi connectivity index (χ3v) is 2.28. The molecular weight excluding hydrogens is 226 g/mol. The molecule has 0 aliphatic heterocycles. The Bertz CT molecular complexity index is 356. The number of halogens is 3. The first-order valence-corrected chi connectivity index (χ1v) is 4.80. The highest BCUT2D eigenvalue weighted by atomic mass is 35.5. The molecule has 0 atom stereocenters. The normalized spacial score (nSPS) is 10.5. The molecule has 1 aromatic rings. The lowest BCUT2D eigenvalue weighted by atomic mass is 10.1. The molecule has 2 nitrogen and oxygen atoms in total. The molecule has 0 heterocycles. The molecule has 15 heavy (non-hydrogen) atoms. The van der Waals surface area contributed by atoms with Gasteiger partial charge >= 0.3 is 0 Å². The lowest BCUT2D eigenvalue weighted by Crippen LogP contribution is -2.00. The van der Waals surface area contributed by atoms with Crippen LogP contribution in [0.2, 0.25) is 5.02 Å². The number of aliphatic hydroxyl groups is 1. The summed E-state index contributed by atoms with van der Waals surface area (Å²) in [6, 6.07) is 1.31. The van der Waals surface area contributed by atoms with E-state index in [4.69, 9.17) is 21.4 Å². The number of methoxy groups -OCH3 is 1. The number of aryl methyl sites for hydroxylation is 1. The van der Waals surface area contributed by atoms with Gasteiger partial charge in [0.25, 0.3) is 0 Å². The molecule has 1 aromatic carbocycles. The number of ether oxygens (including phenoxy) is 1. The van der Waals surface area contributed by atoms with E-state index in [0.717, 1.165) is 0 Å². The molecular formula is C10H11ClF2O2. The van der Waals surface area contributed by atoms with Gasteiger partial charge in [-0.1, -0.05) is 11.6 Å². The number of benzene rings is 1. The Labute approximate surface area is 91.4 Å². The van der Waals surface area contributed by atoms with Gasteiger partial charge in [-0.05, 0) is 24.5 Å². The van der Waals surface area contributed by atoms with Gasteiger partial charge in [0, 0.05) is 6.61 Å². The van der Waals surface area contributed by atoms with E-state index in [1.165, 1.54) is 13.2 Å². The first-order chi connectivity index (χ1) is 7.11. The van der Waals surface area contributed by atoms with Crippen molar-refractivity contribution >= 4 is 11.6 Å². The minimum atomic E-state index is -1.11. The third kappa shape index (κ3) is 2.58. The molecule has 0 aliphatic rings. The van der Waals surface area contributed by atoms with Crippen LogP contribution in [-0.2, 0) is 6.42 Å². The fraction of sp³-hybridized carbons (Fsp3) is 0.400. The molecule has 5 heteroatoms. The topological polar surface area (TPSA) is 29.5 Å². The second-order valence-corrected chi connectivity index (χ2v) is 3.41. The Morgan fingerprint density at radius 3 is 2.60 bits per heavy atom. The maximum atomic E-state index is 13.3. The largest absolute Gasteiger partial charge is 0.493 e. The van der Waals surface area contributed by atoms with Gasteiger partial charge in [0.2, 0.25) is 5.82 Å². The van der Waals surface area contributed by atoms with Crippen LogP contribution in [-0.4, -0.2) is 18.8 Å². The SMILES string of the molecule is COc1c(CCCO)cc(Cl)c(F)c1F. The van der Waals surface area contributed by atoms with Crippen molar-refractivity contribution in [2.75, 3.05) is 13.7 Å². The van der Waals surface area contributed by atoms with E-state index in [1.807, 2.05) is 0 Å². The highest BCUT2D eigenvalue weighted by Gasteiger charge is 2.17. The van der Waals surface area contributed by atoms with Gasteiger partial charge in [-0.25, -0.2) is 4.39 Å². The minimum absolute atomic E-state index is 0.0280. The van der Waals surface area contributed by atoms with Crippen molar-refractivity contribution < 1.29 is 18.6 Å². The number of rotatable bonds is 4. The monoisotopic (exact) mass is 236 g/mol. The molecule has 84 valence electrons. The van der Waals surface area contributed by atoms with Crippen molar-refractivity contribution in [3.05, 3.63) is 28.3 Å². The highest BCUT2D eigenvalue weighted by Crippen LogP contribution is 2.30. The zero-order valence-corrected chi connectivity index (χ0v) is 8.94. The van der Waals surface area contributed by atoms with Gasteiger partial charge in [0.15, 0.2) is 11.6 Å². The number of aliphatic hydroxyl groups excluding tert-OH is 1. The predicted molar refractivity (Wildman–Crippen MR) is 53.3 cm³/mol. The molecule has 0 saturated carbocycles. The van der Waals surface area contributed by atoms with Crippen LogP contribution in [0.1, 0.15) is 12.0 Å². The van der Waals surface area contributed by atoms with Crippen molar-refractivity contribution in [1.82, 2.24) is 0 Å². The molecule has 0 fully saturated rings. The predicted octanol–water partition coefficient (Wildman–Crippen LogP) is 2.55. The number of hydrogen-bond donors (Lipinski definition) is 1. The van der Waals surface area contributed by atoms with Gasteiger partial charge in [-0.15, -0.1) is 0 Å². The van der Waals surface area contributed by atoms with Gasteiger partial charge in [-0.2, -0.15) is 4.39 Å². The fourth-order valence-electron chi connectivity index (χ4n) is 1.30. The molecule has 0 spiro atoms. The van der Waals surface area contributed by atoms with Crippen LogP contribution < -0.4 is 4.74 Å². The fourth-order valence-corrected chi connectivity index (χ4v) is 1.52. The second kappa shape index (κ2) is 5.28. The Balaban J connectivity index is 3.13. The summed E-state index contributed by atoms with van der Waals surface area (Å²) in [5.41, 5.74) is 0.454. The zero-order valence-electron chi connectivity index (χ0n) is 8.19. The summed E-state index contributed by atoms with van der Waals surface area (Å²) >= 11 is 5.49. The van der Waals surface area contributed by atoms with Crippen molar-refractivity contribution in [1.29, 1.82) is 0 Å². The molecule has 0 aliphatic carbocycles. The average Bonchev–Trinajstić information content (AvgIpc) is 2.23.